The molecular formula is C20H14CrN10NaO8. The third kappa shape index (κ3) is 8.29. The topological polar surface area (TPSA) is 276 Å². The van der Waals surface area contributed by atoms with Gasteiger partial charge in [0.25, 0.3) is 22.5 Å². The molecule has 199 valence electrons. The van der Waals surface area contributed by atoms with Gasteiger partial charge in [0.15, 0.2) is 0 Å². The molecule has 0 saturated heterocycles. The van der Waals surface area contributed by atoms with E-state index < -0.39 is 32.5 Å². The Morgan fingerprint density at radius 3 is 1.30 bits per heavy atom. The molecule has 0 bridgehead atoms. The van der Waals surface area contributed by atoms with Gasteiger partial charge in [0.1, 0.15) is 11.4 Å². The molecule has 20 heteroatoms. The maximum atomic E-state index is 11.5. The molecule has 0 spiro atoms. The Balaban J connectivity index is 0.000000381. The summed E-state index contributed by atoms with van der Waals surface area (Å²) in [5.74, 6) is -1.29. The van der Waals surface area contributed by atoms with Crippen molar-refractivity contribution in [3.05, 3.63) is 88.7 Å². The third-order valence-corrected chi connectivity index (χ3v) is 4.59. The Hall–Kier alpha value is -4.41. The summed E-state index contributed by atoms with van der Waals surface area (Å²) in [5, 5.41) is 70.0. The van der Waals surface area contributed by atoms with Gasteiger partial charge in [0.05, 0.1) is 21.2 Å². The minimum Gasteiger partial charge on any atom is -0.871 e. The second kappa shape index (κ2) is 14.7. The fourth-order valence-electron chi connectivity index (χ4n) is 2.65. The number of hydrogen-bond donors (Lipinski definition) is 2. The van der Waals surface area contributed by atoms with Crippen LogP contribution in [-0.4, -0.2) is 20.0 Å². The fourth-order valence-corrected chi connectivity index (χ4v) is 2.65. The molecule has 40 heavy (non-hydrogen) atoms. The van der Waals surface area contributed by atoms with E-state index in [-0.39, 0.29) is 81.0 Å². The number of benzene rings is 2. The van der Waals surface area contributed by atoms with Gasteiger partial charge < -0.3 is 30.6 Å². The van der Waals surface area contributed by atoms with E-state index in [1.807, 2.05) is 0 Å². The van der Waals surface area contributed by atoms with E-state index in [1.165, 1.54) is 12.1 Å². The first-order valence-corrected chi connectivity index (χ1v) is 10.2. The molecule has 4 rings (SSSR count). The molecular weight excluding hydrogens is 583 g/mol. The molecule has 1 radical (unpaired) electrons. The molecule has 2 aromatic carbocycles. The number of rotatable bonds is 6. The number of aromatic nitrogens is 4. The predicted molar refractivity (Wildman–Crippen MR) is 124 cm³/mol. The number of H-pyrrole nitrogens is 2. The predicted octanol–water partition coefficient (Wildman–Crippen LogP) is -0.923. The average Bonchev–Trinajstić information content (AvgIpc) is 3.37. The molecule has 0 saturated carbocycles. The molecule has 0 aliphatic carbocycles. The van der Waals surface area contributed by atoms with E-state index in [4.69, 9.17) is 0 Å². The first-order valence-electron chi connectivity index (χ1n) is 10.2. The number of azo groups is 2. The van der Waals surface area contributed by atoms with Gasteiger partial charge >= 0.3 is 46.9 Å². The van der Waals surface area contributed by atoms with Crippen molar-refractivity contribution in [3.8, 4) is 11.5 Å². The van der Waals surface area contributed by atoms with Crippen LogP contribution >= 0.6 is 0 Å². The van der Waals surface area contributed by atoms with E-state index in [1.54, 1.807) is 13.8 Å². The van der Waals surface area contributed by atoms with Crippen molar-refractivity contribution in [2.24, 2.45) is 20.5 Å². The minimum atomic E-state index is -0.682. The summed E-state index contributed by atoms with van der Waals surface area (Å²) in [6.45, 7) is 3.11. The Morgan fingerprint density at radius 1 is 0.700 bits per heavy atom. The van der Waals surface area contributed by atoms with Crippen LogP contribution in [0.3, 0.4) is 0 Å². The standard InChI is InChI=1S/2C10H9N5O4.Cr.Na/c2*1-5-9(10(17)14-11-5)13-12-7-3-2-6(15(18)19)4-8(7)16;;/h2*2-4H,1H3,(H3,11,12,13,14,16,17);;/q;;+3;+1/p-4. The molecule has 2 N–H and O–H groups in total. The minimum absolute atomic E-state index is 0. The van der Waals surface area contributed by atoms with Crippen molar-refractivity contribution in [1.29, 1.82) is 0 Å². The van der Waals surface area contributed by atoms with Crippen molar-refractivity contribution in [2.45, 2.75) is 13.8 Å². The number of nitro benzene ring substituents is 2. The molecule has 2 heterocycles. The smallest absolute Gasteiger partial charge is 0.871 e. The largest absolute Gasteiger partial charge is 3.00 e. The second-order valence-electron chi connectivity index (χ2n) is 7.19. The van der Waals surface area contributed by atoms with Crippen LogP contribution in [0.2, 0.25) is 0 Å². The van der Waals surface area contributed by atoms with Crippen LogP contribution in [0, 0.1) is 34.1 Å². The molecule has 0 aliphatic heterocycles. The summed E-state index contributed by atoms with van der Waals surface area (Å²) in [7, 11) is 0. The first kappa shape index (κ1) is 33.6. The van der Waals surface area contributed by atoms with E-state index in [2.05, 4.69) is 40.9 Å². The van der Waals surface area contributed by atoms with Gasteiger partial charge in [-0.25, -0.2) is 0 Å². The molecule has 18 nitrogen and oxygen atoms in total. The van der Waals surface area contributed by atoms with Crippen molar-refractivity contribution in [1.82, 2.24) is 20.4 Å². The molecule has 4 aromatic rings. The van der Waals surface area contributed by atoms with E-state index in [9.17, 15) is 40.0 Å². The number of aromatic amines is 2. The normalized spacial score (nSPS) is 10.4. The Bertz CT molecular complexity index is 1570. The Morgan fingerprint density at radius 2 is 1.05 bits per heavy atom. The first-order chi connectivity index (χ1) is 18.0. The van der Waals surface area contributed by atoms with Crippen LogP contribution in [0.15, 0.2) is 66.4 Å². The Kier molecular flexibility index (Phi) is 12.3. The van der Waals surface area contributed by atoms with Gasteiger partial charge in [-0.3, -0.25) is 29.8 Å². The number of nitrogens with one attached hydrogen (secondary N) is 2. The van der Waals surface area contributed by atoms with Gasteiger partial charge in [-0.2, -0.15) is 10.2 Å². The zero-order chi connectivity index (χ0) is 28.0. The van der Waals surface area contributed by atoms with Crippen LogP contribution in [-0.2, 0) is 17.4 Å². The number of nitrogens with zero attached hydrogens (tertiary/aromatic N) is 8. The quantitative estimate of drug-likeness (QED) is 0.119. The molecule has 0 amide bonds. The summed E-state index contributed by atoms with van der Waals surface area (Å²) < 4.78 is 0. The van der Waals surface area contributed by atoms with Gasteiger partial charge in [-0.05, 0) is 12.1 Å². The molecule has 0 unspecified atom stereocenters. The zero-order valence-electron chi connectivity index (χ0n) is 20.7. The van der Waals surface area contributed by atoms with Crippen LogP contribution in [0.4, 0.5) is 34.1 Å². The number of nitro groups is 2. The van der Waals surface area contributed by atoms with E-state index >= 15 is 0 Å². The summed E-state index contributed by atoms with van der Waals surface area (Å²) >= 11 is 0. The fraction of sp³-hybridized carbons (Fsp3) is 0.100. The van der Waals surface area contributed by atoms with Crippen LogP contribution in [0.1, 0.15) is 11.4 Å². The summed E-state index contributed by atoms with van der Waals surface area (Å²) in [6.07, 6.45) is 0. The van der Waals surface area contributed by atoms with Crippen molar-refractivity contribution < 1.29 is 67.0 Å². The second-order valence-corrected chi connectivity index (χ2v) is 7.19. The zero-order valence-corrected chi connectivity index (χ0v) is 24.0. The third-order valence-electron chi connectivity index (χ3n) is 4.59. The van der Waals surface area contributed by atoms with Crippen LogP contribution in [0.5, 0.6) is 11.5 Å². The van der Waals surface area contributed by atoms with E-state index in [0.717, 1.165) is 24.3 Å². The SMILES string of the molecule is Cc1[n-][nH]c(=O)c1N=Nc1ccc([N+](=O)[O-])cc1[O-].Cc1[n-][nH]c(=O)c1N=Nc1ccc([N+](=O)[O-])cc1[O-].[Cr+3].[Na+]. The summed E-state index contributed by atoms with van der Waals surface area (Å²) in [6, 6.07) is 6.29. The maximum Gasteiger partial charge on any atom is 3.00 e. The summed E-state index contributed by atoms with van der Waals surface area (Å²) in [4.78, 5) is 42.1. The van der Waals surface area contributed by atoms with Gasteiger partial charge in [-0.15, -0.1) is 21.6 Å². The average molecular weight is 597 g/mol. The molecule has 2 aromatic heterocycles. The van der Waals surface area contributed by atoms with Crippen molar-refractivity contribution in [2.75, 3.05) is 0 Å². The van der Waals surface area contributed by atoms with Gasteiger partial charge in [0, 0.05) is 24.3 Å². The number of non-ortho nitro benzene ring substituents is 2. The number of aryl methyl sites for hydroxylation is 2. The summed E-state index contributed by atoms with van der Waals surface area (Å²) in [5.41, 5.74) is -1.18. The van der Waals surface area contributed by atoms with Crippen molar-refractivity contribution in [3.63, 3.8) is 0 Å². The molecule has 0 atom stereocenters. The van der Waals surface area contributed by atoms with Crippen LogP contribution in [0.25, 0.3) is 0 Å². The monoisotopic (exact) mass is 597 g/mol. The number of hydrogen-bond acceptors (Lipinski definition) is 12. The Labute approximate surface area is 255 Å². The maximum absolute atomic E-state index is 11.5. The molecule has 0 fully saturated rings. The van der Waals surface area contributed by atoms with Crippen LogP contribution < -0.4 is 61.1 Å². The van der Waals surface area contributed by atoms with Crippen molar-refractivity contribution >= 4 is 34.1 Å². The molecule has 0 aliphatic rings. The van der Waals surface area contributed by atoms with E-state index in [0.29, 0.717) is 11.4 Å². The van der Waals surface area contributed by atoms with Gasteiger partial charge in [0.2, 0.25) is 0 Å². The van der Waals surface area contributed by atoms with Gasteiger partial charge in [-0.1, -0.05) is 25.3 Å².